The van der Waals surface area contributed by atoms with Gasteiger partial charge in [0, 0.05) is 5.92 Å². The molecule has 16 heavy (non-hydrogen) atoms. The molecule has 0 saturated carbocycles. The molecule has 1 nitrogen and oxygen atoms in total. The van der Waals surface area contributed by atoms with Gasteiger partial charge in [-0.25, -0.2) is 0 Å². The maximum Gasteiger partial charge on any atom is 0.0648 e. The Morgan fingerprint density at radius 2 is 1.88 bits per heavy atom. The molecule has 0 fully saturated rings. The first-order valence-electron chi connectivity index (χ1n) is 5.66. The fourth-order valence-corrected chi connectivity index (χ4v) is 2.18. The van der Waals surface area contributed by atoms with Crippen molar-refractivity contribution in [1.29, 1.82) is 0 Å². The predicted molar refractivity (Wildman–Crippen MR) is 66.6 cm³/mol. The van der Waals surface area contributed by atoms with Gasteiger partial charge in [0.15, 0.2) is 0 Å². The SMILES string of the molecule is C1=C[C@@H](c2ccc3ccccc3c2)COC1. The lowest BCUT2D eigenvalue weighted by Crippen LogP contribution is -2.10. The molecule has 0 radical (unpaired) electrons. The first-order chi connectivity index (χ1) is 7.93. The molecule has 0 amide bonds. The van der Waals surface area contributed by atoms with Crippen molar-refractivity contribution in [3.8, 4) is 0 Å². The molecule has 2 aromatic rings. The summed E-state index contributed by atoms with van der Waals surface area (Å²) in [5, 5.41) is 2.60. The molecule has 1 aliphatic heterocycles. The summed E-state index contributed by atoms with van der Waals surface area (Å²) in [7, 11) is 0. The molecule has 0 saturated heterocycles. The first kappa shape index (κ1) is 9.61. The maximum atomic E-state index is 5.46. The molecule has 0 aliphatic carbocycles. The third kappa shape index (κ3) is 1.74. The van der Waals surface area contributed by atoms with Gasteiger partial charge in [-0.1, -0.05) is 54.6 Å². The maximum absolute atomic E-state index is 5.46. The van der Waals surface area contributed by atoms with E-state index in [4.69, 9.17) is 4.74 Å². The van der Waals surface area contributed by atoms with E-state index in [0.717, 1.165) is 13.2 Å². The Hall–Kier alpha value is -1.60. The van der Waals surface area contributed by atoms with E-state index in [1.54, 1.807) is 0 Å². The topological polar surface area (TPSA) is 9.23 Å². The van der Waals surface area contributed by atoms with Crippen LogP contribution in [0.5, 0.6) is 0 Å². The van der Waals surface area contributed by atoms with Crippen LogP contribution in [0.15, 0.2) is 54.6 Å². The monoisotopic (exact) mass is 210 g/mol. The Labute approximate surface area is 95.4 Å². The summed E-state index contributed by atoms with van der Waals surface area (Å²) in [5.41, 5.74) is 1.34. The van der Waals surface area contributed by atoms with Gasteiger partial charge in [-0.15, -0.1) is 0 Å². The van der Waals surface area contributed by atoms with Crippen molar-refractivity contribution in [2.24, 2.45) is 0 Å². The lowest BCUT2D eigenvalue weighted by Gasteiger charge is -2.17. The molecule has 1 heteroatoms. The van der Waals surface area contributed by atoms with Gasteiger partial charge in [-0.2, -0.15) is 0 Å². The van der Waals surface area contributed by atoms with E-state index < -0.39 is 0 Å². The Bertz CT molecular complexity index is 528. The number of rotatable bonds is 1. The number of hydrogen-bond acceptors (Lipinski definition) is 1. The van der Waals surface area contributed by atoms with Gasteiger partial charge in [0.2, 0.25) is 0 Å². The van der Waals surface area contributed by atoms with E-state index in [-0.39, 0.29) is 0 Å². The lowest BCUT2D eigenvalue weighted by molar-refractivity contribution is 0.146. The quantitative estimate of drug-likeness (QED) is 0.654. The second kappa shape index (κ2) is 4.11. The van der Waals surface area contributed by atoms with Crippen molar-refractivity contribution >= 4 is 10.8 Å². The molecule has 1 heterocycles. The lowest BCUT2D eigenvalue weighted by atomic mass is 9.96. The van der Waals surface area contributed by atoms with Gasteiger partial charge in [0.05, 0.1) is 13.2 Å². The standard InChI is InChI=1S/C15H14O/c1-2-5-13-10-14(8-7-12(13)4-1)15-6-3-9-16-11-15/h1-8,10,15H,9,11H2/t15-/m1/s1. The average molecular weight is 210 g/mol. The normalized spacial score (nSPS) is 20.1. The van der Waals surface area contributed by atoms with Gasteiger partial charge in [-0.3, -0.25) is 0 Å². The minimum absolute atomic E-state index is 0.415. The van der Waals surface area contributed by atoms with Gasteiger partial charge in [0.25, 0.3) is 0 Å². The minimum atomic E-state index is 0.415. The van der Waals surface area contributed by atoms with Crippen LogP contribution in [0.25, 0.3) is 10.8 Å². The summed E-state index contributed by atoms with van der Waals surface area (Å²) in [5.74, 6) is 0.415. The molecule has 1 aliphatic rings. The molecule has 2 aromatic carbocycles. The van der Waals surface area contributed by atoms with Crippen LogP contribution in [0, 0.1) is 0 Å². The van der Waals surface area contributed by atoms with Crippen LogP contribution in [-0.2, 0) is 4.74 Å². The molecule has 80 valence electrons. The van der Waals surface area contributed by atoms with Gasteiger partial charge < -0.3 is 4.74 Å². The van der Waals surface area contributed by atoms with E-state index in [1.807, 2.05) is 0 Å². The third-order valence-corrected chi connectivity index (χ3v) is 3.08. The van der Waals surface area contributed by atoms with Crippen LogP contribution in [0.3, 0.4) is 0 Å². The van der Waals surface area contributed by atoms with E-state index >= 15 is 0 Å². The molecular formula is C15H14O. The van der Waals surface area contributed by atoms with E-state index in [1.165, 1.54) is 16.3 Å². The second-order valence-electron chi connectivity index (χ2n) is 4.18. The second-order valence-corrected chi connectivity index (χ2v) is 4.18. The molecule has 0 unspecified atom stereocenters. The van der Waals surface area contributed by atoms with Crippen molar-refractivity contribution in [1.82, 2.24) is 0 Å². The van der Waals surface area contributed by atoms with E-state index in [9.17, 15) is 0 Å². The zero-order chi connectivity index (χ0) is 10.8. The fraction of sp³-hybridized carbons (Fsp3) is 0.200. The highest BCUT2D eigenvalue weighted by molar-refractivity contribution is 5.83. The predicted octanol–water partition coefficient (Wildman–Crippen LogP) is 3.51. The van der Waals surface area contributed by atoms with Crippen LogP contribution in [0.1, 0.15) is 11.5 Å². The third-order valence-electron chi connectivity index (χ3n) is 3.08. The van der Waals surface area contributed by atoms with Gasteiger partial charge in [0.1, 0.15) is 0 Å². The highest BCUT2D eigenvalue weighted by atomic mass is 16.5. The van der Waals surface area contributed by atoms with Crippen molar-refractivity contribution in [3.05, 3.63) is 60.2 Å². The highest BCUT2D eigenvalue weighted by Gasteiger charge is 2.11. The fourth-order valence-electron chi connectivity index (χ4n) is 2.18. The summed E-state index contributed by atoms with van der Waals surface area (Å²) in [6, 6.07) is 15.1. The zero-order valence-corrected chi connectivity index (χ0v) is 9.10. The largest absolute Gasteiger partial charge is 0.376 e. The van der Waals surface area contributed by atoms with Crippen LogP contribution < -0.4 is 0 Å². The summed E-state index contributed by atoms with van der Waals surface area (Å²) in [4.78, 5) is 0. The van der Waals surface area contributed by atoms with E-state index in [2.05, 4.69) is 54.6 Å². The summed E-state index contributed by atoms with van der Waals surface area (Å²) in [6.45, 7) is 1.55. The summed E-state index contributed by atoms with van der Waals surface area (Å²) >= 11 is 0. The van der Waals surface area contributed by atoms with Crippen LogP contribution in [0.4, 0.5) is 0 Å². The molecular weight excluding hydrogens is 196 g/mol. The van der Waals surface area contributed by atoms with Gasteiger partial charge >= 0.3 is 0 Å². The van der Waals surface area contributed by atoms with E-state index in [0.29, 0.717) is 5.92 Å². The number of hydrogen-bond donors (Lipinski definition) is 0. The van der Waals surface area contributed by atoms with Crippen molar-refractivity contribution in [3.63, 3.8) is 0 Å². The van der Waals surface area contributed by atoms with Crippen molar-refractivity contribution < 1.29 is 4.74 Å². The molecule has 0 spiro atoms. The Morgan fingerprint density at radius 3 is 2.69 bits per heavy atom. The van der Waals surface area contributed by atoms with Crippen LogP contribution in [-0.4, -0.2) is 13.2 Å². The molecule has 0 aromatic heterocycles. The van der Waals surface area contributed by atoms with Crippen molar-refractivity contribution in [2.45, 2.75) is 5.92 Å². The van der Waals surface area contributed by atoms with Crippen LogP contribution in [0.2, 0.25) is 0 Å². The molecule has 0 N–H and O–H groups in total. The minimum Gasteiger partial charge on any atom is -0.376 e. The summed E-state index contributed by atoms with van der Waals surface area (Å²) in [6.07, 6.45) is 4.34. The van der Waals surface area contributed by atoms with Crippen molar-refractivity contribution in [2.75, 3.05) is 13.2 Å². The molecule has 3 rings (SSSR count). The Morgan fingerprint density at radius 1 is 1.00 bits per heavy atom. The summed E-state index contributed by atoms with van der Waals surface area (Å²) < 4.78 is 5.46. The Balaban J connectivity index is 2.04. The Kier molecular flexibility index (Phi) is 2.47. The van der Waals surface area contributed by atoms with Crippen LogP contribution >= 0.6 is 0 Å². The number of fused-ring (bicyclic) bond motifs is 1. The highest BCUT2D eigenvalue weighted by Crippen LogP contribution is 2.24. The first-order valence-corrected chi connectivity index (χ1v) is 5.66. The zero-order valence-electron chi connectivity index (χ0n) is 9.10. The molecule has 0 bridgehead atoms. The smallest absolute Gasteiger partial charge is 0.0648 e. The average Bonchev–Trinajstić information content (AvgIpc) is 2.39. The van der Waals surface area contributed by atoms with Gasteiger partial charge in [-0.05, 0) is 16.3 Å². The number of ether oxygens (including phenoxy) is 1. The molecule has 1 atom stereocenters. The number of benzene rings is 2.